The Hall–Kier alpha value is -3.00. The fourth-order valence-electron chi connectivity index (χ4n) is 4.68. The molecular weight excluding hydrogens is 646 g/mol. The fourth-order valence-corrected chi connectivity index (χ4v) is 5.47. The number of nitrogens with one attached hydrogen (secondary N) is 1. The van der Waals surface area contributed by atoms with Gasteiger partial charge in [-0.05, 0) is 76.9 Å². The van der Waals surface area contributed by atoms with Crippen LogP contribution in [-0.4, -0.2) is 77.1 Å². The molecule has 0 unspecified atom stereocenters. The van der Waals surface area contributed by atoms with E-state index in [1.54, 1.807) is 30.3 Å². The van der Waals surface area contributed by atoms with Gasteiger partial charge in [-0.2, -0.15) is 0 Å². The molecule has 11 heteroatoms. The molecule has 0 heterocycles. The van der Waals surface area contributed by atoms with Gasteiger partial charge in [-0.15, -0.1) is 6.58 Å². The Morgan fingerprint density at radius 3 is 2.68 bits per heavy atom. The smallest absolute Gasteiger partial charge is 0.247 e. The number of amides is 2. The molecule has 0 saturated carbocycles. The lowest BCUT2D eigenvalue weighted by molar-refractivity contribution is -0.138. The molecule has 2 amide bonds. The number of nitrogens with zero attached hydrogens (tertiary/aromatic N) is 1. The molecule has 3 rings (SSSR count). The number of ether oxygens (including phenoxy) is 2. The Morgan fingerprint density at radius 1 is 1.24 bits per heavy atom. The van der Waals surface area contributed by atoms with E-state index in [4.69, 9.17) is 9.47 Å². The van der Waals surface area contributed by atoms with Gasteiger partial charge in [0.05, 0.1) is 29.9 Å². The minimum Gasteiger partial charge on any atom is -0.493 e. The van der Waals surface area contributed by atoms with Crippen LogP contribution >= 0.6 is 22.6 Å². The number of methoxy groups -OCH3 is 1. The highest BCUT2D eigenvalue weighted by Crippen LogP contribution is 2.37. The van der Waals surface area contributed by atoms with Crippen LogP contribution in [0.25, 0.3) is 0 Å². The first kappa shape index (κ1) is 32.5. The minimum atomic E-state index is -1.23. The summed E-state index contributed by atoms with van der Waals surface area (Å²) in [5, 5.41) is 33.0. The summed E-state index contributed by atoms with van der Waals surface area (Å²) >= 11 is 2.04. The van der Waals surface area contributed by atoms with E-state index in [1.807, 2.05) is 22.6 Å². The lowest BCUT2D eigenvalue weighted by Crippen LogP contribution is -2.55. The predicted octanol–water partition coefficient (Wildman–Crippen LogP) is 2.88. The molecule has 0 radical (unpaired) electrons. The number of allylic oxidation sites excluding steroid dienone is 1. The van der Waals surface area contributed by atoms with E-state index < -0.39 is 24.2 Å². The highest BCUT2D eigenvalue weighted by molar-refractivity contribution is 14.1. The standard InChI is InChI=1S/C30H36FIN2O7/c1-3-4-8-27(37)34(11-9-19-6-5-7-22(31)13-19)24-16-21(30(39)33-10-12-35)17-25(28(24)38)41-29-23(32)14-20(18-36)15-26(29)40-2/h3,5-7,13-15,17,24-25,28,35-36,38H,1,4,8-12,16,18H2,2H3,(H,33,39)/t24-,25+,28+/m1/s1. The van der Waals surface area contributed by atoms with Crippen LogP contribution in [0.2, 0.25) is 0 Å². The summed E-state index contributed by atoms with van der Waals surface area (Å²) in [6.07, 6.45) is 1.80. The monoisotopic (exact) mass is 682 g/mol. The summed E-state index contributed by atoms with van der Waals surface area (Å²) in [4.78, 5) is 28.0. The first-order chi connectivity index (χ1) is 19.7. The summed E-state index contributed by atoms with van der Waals surface area (Å²) in [5.41, 5.74) is 1.58. The number of halogens is 2. The van der Waals surface area contributed by atoms with Gasteiger partial charge >= 0.3 is 0 Å². The van der Waals surface area contributed by atoms with Crippen LogP contribution in [0, 0.1) is 9.39 Å². The van der Waals surface area contributed by atoms with Crippen molar-refractivity contribution in [1.29, 1.82) is 0 Å². The second-order valence-corrected chi connectivity index (χ2v) is 10.7. The highest BCUT2D eigenvalue weighted by Gasteiger charge is 2.40. The summed E-state index contributed by atoms with van der Waals surface area (Å²) < 4.78 is 26.2. The first-order valence-corrected chi connectivity index (χ1v) is 14.4. The van der Waals surface area contributed by atoms with Crippen molar-refractivity contribution in [3.63, 3.8) is 0 Å². The summed E-state index contributed by atoms with van der Waals surface area (Å²) in [6, 6.07) is 8.59. The van der Waals surface area contributed by atoms with Crippen molar-refractivity contribution in [1.82, 2.24) is 10.2 Å². The number of hydrogen-bond acceptors (Lipinski definition) is 7. The van der Waals surface area contributed by atoms with E-state index in [2.05, 4.69) is 11.9 Å². The largest absolute Gasteiger partial charge is 0.493 e. The molecule has 222 valence electrons. The number of benzene rings is 2. The van der Waals surface area contributed by atoms with Crippen LogP contribution in [0.15, 0.2) is 60.7 Å². The van der Waals surface area contributed by atoms with Gasteiger partial charge in [0.25, 0.3) is 0 Å². The average Bonchev–Trinajstić information content (AvgIpc) is 2.97. The van der Waals surface area contributed by atoms with E-state index in [-0.39, 0.29) is 56.4 Å². The molecule has 1 aliphatic carbocycles. The van der Waals surface area contributed by atoms with Crippen molar-refractivity contribution < 1.29 is 38.8 Å². The van der Waals surface area contributed by atoms with Crippen molar-refractivity contribution in [3.05, 3.63) is 81.2 Å². The molecule has 4 N–H and O–H groups in total. The zero-order valence-electron chi connectivity index (χ0n) is 22.9. The van der Waals surface area contributed by atoms with E-state index in [0.29, 0.717) is 39.0 Å². The van der Waals surface area contributed by atoms with Crippen molar-refractivity contribution in [3.8, 4) is 11.5 Å². The fraction of sp³-hybridized carbons (Fsp3) is 0.400. The maximum absolute atomic E-state index is 13.8. The van der Waals surface area contributed by atoms with Gasteiger partial charge in [0.1, 0.15) is 18.0 Å². The number of aliphatic hydroxyl groups excluding tert-OH is 3. The highest BCUT2D eigenvalue weighted by atomic mass is 127. The normalized spacial score (nSPS) is 18.3. The topological polar surface area (TPSA) is 129 Å². The molecule has 41 heavy (non-hydrogen) atoms. The van der Waals surface area contributed by atoms with Crippen LogP contribution in [0.3, 0.4) is 0 Å². The van der Waals surface area contributed by atoms with Crippen LogP contribution in [-0.2, 0) is 22.6 Å². The van der Waals surface area contributed by atoms with Gasteiger partial charge in [0.2, 0.25) is 11.8 Å². The minimum absolute atomic E-state index is 0.0326. The molecule has 1 aliphatic rings. The molecule has 2 aromatic carbocycles. The summed E-state index contributed by atoms with van der Waals surface area (Å²) in [6.45, 7) is 3.44. The van der Waals surface area contributed by atoms with Gasteiger partial charge in [0.15, 0.2) is 11.5 Å². The summed E-state index contributed by atoms with van der Waals surface area (Å²) in [7, 11) is 1.45. The Morgan fingerprint density at radius 2 is 2.02 bits per heavy atom. The molecule has 0 spiro atoms. The van der Waals surface area contributed by atoms with Crippen LogP contribution < -0.4 is 14.8 Å². The molecule has 0 aromatic heterocycles. The SMILES string of the molecule is C=CCCC(=O)N(CCc1cccc(F)c1)[C@@H]1CC(C(=O)NCCO)=C[C@H](Oc2c(I)cc(CO)cc2OC)[C@H]1O. The van der Waals surface area contributed by atoms with Crippen molar-refractivity contribution in [2.75, 3.05) is 26.8 Å². The van der Waals surface area contributed by atoms with Gasteiger partial charge in [-0.25, -0.2) is 4.39 Å². The Balaban J connectivity index is 1.99. The van der Waals surface area contributed by atoms with E-state index in [9.17, 15) is 29.3 Å². The molecule has 3 atom stereocenters. The molecule has 0 saturated heterocycles. The number of carbonyl (C=O) groups is 2. The first-order valence-electron chi connectivity index (χ1n) is 13.3. The van der Waals surface area contributed by atoms with Gasteiger partial charge in [-0.1, -0.05) is 18.2 Å². The Bertz CT molecular complexity index is 1260. The zero-order valence-corrected chi connectivity index (χ0v) is 25.1. The predicted molar refractivity (Wildman–Crippen MR) is 160 cm³/mol. The number of hydrogen-bond donors (Lipinski definition) is 4. The Kier molecular flexibility index (Phi) is 12.6. The molecule has 0 fully saturated rings. The molecular formula is C30H36FIN2O7. The van der Waals surface area contributed by atoms with Crippen molar-refractivity contribution in [2.45, 2.75) is 50.5 Å². The van der Waals surface area contributed by atoms with Crippen LogP contribution in [0.5, 0.6) is 11.5 Å². The van der Waals surface area contributed by atoms with Crippen molar-refractivity contribution >= 4 is 34.4 Å². The maximum Gasteiger partial charge on any atom is 0.247 e. The van der Waals surface area contributed by atoms with Crippen LogP contribution in [0.1, 0.15) is 30.4 Å². The van der Waals surface area contributed by atoms with Crippen LogP contribution in [0.4, 0.5) is 4.39 Å². The quantitative estimate of drug-likeness (QED) is 0.178. The lowest BCUT2D eigenvalue weighted by atomic mass is 9.87. The summed E-state index contributed by atoms with van der Waals surface area (Å²) in [5.74, 6) is -0.448. The second-order valence-electron chi connectivity index (χ2n) is 9.58. The third-order valence-corrected chi connectivity index (χ3v) is 7.55. The molecule has 0 aliphatic heterocycles. The molecule has 0 bridgehead atoms. The van der Waals surface area contributed by atoms with E-state index >= 15 is 0 Å². The maximum atomic E-state index is 13.8. The van der Waals surface area contributed by atoms with E-state index in [1.165, 1.54) is 30.2 Å². The van der Waals surface area contributed by atoms with E-state index in [0.717, 1.165) is 0 Å². The van der Waals surface area contributed by atoms with Gasteiger partial charge in [0, 0.05) is 31.5 Å². The molecule has 9 nitrogen and oxygen atoms in total. The third kappa shape index (κ3) is 8.74. The van der Waals surface area contributed by atoms with Gasteiger partial charge in [-0.3, -0.25) is 9.59 Å². The van der Waals surface area contributed by atoms with Gasteiger partial charge < -0.3 is 35.0 Å². The number of aliphatic hydroxyl groups is 3. The third-order valence-electron chi connectivity index (χ3n) is 6.75. The number of carbonyl (C=O) groups excluding carboxylic acids is 2. The number of rotatable bonds is 14. The molecule has 2 aromatic rings. The average molecular weight is 683 g/mol. The zero-order chi connectivity index (χ0) is 29.9. The lowest BCUT2D eigenvalue weighted by Gasteiger charge is -2.41. The Labute approximate surface area is 252 Å². The second kappa shape index (κ2) is 15.9. The van der Waals surface area contributed by atoms with Crippen molar-refractivity contribution in [2.24, 2.45) is 0 Å².